The number of carbonyl (C=O) groups excluding carboxylic acids is 1. The first kappa shape index (κ1) is 15.7. The Kier molecular flexibility index (Phi) is 5.37. The van der Waals surface area contributed by atoms with Crippen LogP contribution in [0.3, 0.4) is 0 Å². The van der Waals surface area contributed by atoms with Crippen LogP contribution in [0.5, 0.6) is 0 Å². The number of morpholine rings is 1. The molecule has 2 heterocycles. The third-order valence-electron chi connectivity index (χ3n) is 4.19. The van der Waals surface area contributed by atoms with E-state index in [0.717, 1.165) is 18.4 Å². The lowest BCUT2D eigenvalue weighted by Crippen LogP contribution is -2.46. The Balaban J connectivity index is 1.50. The monoisotopic (exact) mass is 310 g/mol. The molecule has 0 spiro atoms. The number of benzene rings is 1. The predicted octanol–water partition coefficient (Wildman–Crippen LogP) is 2.48. The highest BCUT2D eigenvalue weighted by Crippen LogP contribution is 2.14. The highest BCUT2D eigenvalue weighted by atomic mass is 16.5. The van der Waals surface area contributed by atoms with Crippen molar-refractivity contribution in [3.05, 3.63) is 66.0 Å². The molecule has 0 unspecified atom stereocenters. The molecular formula is C19H22N2O2. The molecule has 0 N–H and O–H groups in total. The lowest BCUT2D eigenvalue weighted by atomic mass is 10.1. The maximum Gasteiger partial charge on any atom is 0.227 e. The lowest BCUT2D eigenvalue weighted by molar-refractivity contribution is -0.138. The van der Waals surface area contributed by atoms with E-state index in [1.54, 1.807) is 12.4 Å². The van der Waals surface area contributed by atoms with Gasteiger partial charge in [0.25, 0.3) is 0 Å². The number of ether oxygens (including phenoxy) is 1. The number of hydrogen-bond donors (Lipinski definition) is 0. The zero-order valence-electron chi connectivity index (χ0n) is 13.2. The Bertz CT molecular complexity index is 616. The number of pyridine rings is 1. The van der Waals surface area contributed by atoms with Gasteiger partial charge in [-0.05, 0) is 36.1 Å². The van der Waals surface area contributed by atoms with Gasteiger partial charge in [0.1, 0.15) is 0 Å². The Labute approximate surface area is 137 Å². The van der Waals surface area contributed by atoms with E-state index in [0.29, 0.717) is 26.1 Å². The molecule has 0 radical (unpaired) electrons. The molecular weight excluding hydrogens is 288 g/mol. The molecule has 3 rings (SSSR count). The maximum atomic E-state index is 12.4. The van der Waals surface area contributed by atoms with Gasteiger partial charge < -0.3 is 9.64 Å². The molecule has 2 aromatic rings. The molecule has 1 amide bonds. The topological polar surface area (TPSA) is 42.4 Å². The Morgan fingerprint density at radius 1 is 1.13 bits per heavy atom. The Hall–Kier alpha value is -2.20. The molecule has 1 atom stereocenters. The summed E-state index contributed by atoms with van der Waals surface area (Å²) < 4.78 is 5.83. The van der Waals surface area contributed by atoms with Gasteiger partial charge in [0.2, 0.25) is 5.91 Å². The van der Waals surface area contributed by atoms with Crippen LogP contribution in [0.2, 0.25) is 0 Å². The molecule has 120 valence electrons. The standard InChI is InChI=1S/C19H22N2O2/c22-19(14-17-8-10-20-11-9-17)21-12-13-23-18(15-21)7-6-16-4-2-1-3-5-16/h1-5,8-11,18H,6-7,12-15H2/t18-/m1/s1. The summed E-state index contributed by atoms with van der Waals surface area (Å²) in [5.41, 5.74) is 2.33. The maximum absolute atomic E-state index is 12.4. The van der Waals surface area contributed by atoms with E-state index in [9.17, 15) is 4.79 Å². The number of amides is 1. The van der Waals surface area contributed by atoms with Crippen LogP contribution in [0, 0.1) is 0 Å². The number of hydrogen-bond acceptors (Lipinski definition) is 3. The summed E-state index contributed by atoms with van der Waals surface area (Å²) in [6, 6.07) is 14.2. The third kappa shape index (κ3) is 4.63. The summed E-state index contributed by atoms with van der Waals surface area (Å²) in [6.07, 6.45) is 5.95. The zero-order valence-corrected chi connectivity index (χ0v) is 13.2. The summed E-state index contributed by atoms with van der Waals surface area (Å²) in [6.45, 7) is 2.00. The van der Waals surface area contributed by atoms with Gasteiger partial charge in [-0.15, -0.1) is 0 Å². The van der Waals surface area contributed by atoms with Gasteiger partial charge in [0, 0.05) is 25.5 Å². The van der Waals surface area contributed by atoms with E-state index >= 15 is 0 Å². The first-order valence-corrected chi connectivity index (χ1v) is 8.13. The molecule has 1 saturated heterocycles. The average Bonchev–Trinajstić information content (AvgIpc) is 2.62. The molecule has 0 aliphatic carbocycles. The van der Waals surface area contributed by atoms with Gasteiger partial charge in [-0.1, -0.05) is 30.3 Å². The SMILES string of the molecule is O=C(Cc1ccncc1)N1CCO[C@H](CCc2ccccc2)C1. The highest BCUT2D eigenvalue weighted by molar-refractivity contribution is 5.78. The molecule has 23 heavy (non-hydrogen) atoms. The second kappa shape index (κ2) is 7.88. The van der Waals surface area contributed by atoms with E-state index < -0.39 is 0 Å². The van der Waals surface area contributed by atoms with Crippen molar-refractivity contribution >= 4 is 5.91 Å². The van der Waals surface area contributed by atoms with Crippen molar-refractivity contribution in [3.8, 4) is 0 Å². The second-order valence-electron chi connectivity index (χ2n) is 5.89. The quantitative estimate of drug-likeness (QED) is 0.852. The fourth-order valence-electron chi connectivity index (χ4n) is 2.88. The summed E-state index contributed by atoms with van der Waals surface area (Å²) in [5, 5.41) is 0. The molecule has 1 aliphatic rings. The molecule has 1 aliphatic heterocycles. The van der Waals surface area contributed by atoms with E-state index in [-0.39, 0.29) is 12.0 Å². The van der Waals surface area contributed by atoms with Crippen LogP contribution < -0.4 is 0 Å². The molecule has 4 heteroatoms. The first-order chi connectivity index (χ1) is 11.3. The zero-order chi connectivity index (χ0) is 15.9. The summed E-state index contributed by atoms with van der Waals surface area (Å²) in [4.78, 5) is 18.4. The van der Waals surface area contributed by atoms with Crippen molar-refractivity contribution in [2.45, 2.75) is 25.4 Å². The molecule has 1 aromatic carbocycles. The van der Waals surface area contributed by atoms with Crippen molar-refractivity contribution in [3.63, 3.8) is 0 Å². The first-order valence-electron chi connectivity index (χ1n) is 8.13. The fourth-order valence-corrected chi connectivity index (χ4v) is 2.88. The van der Waals surface area contributed by atoms with E-state index in [4.69, 9.17) is 4.74 Å². The molecule has 0 bridgehead atoms. The number of aromatic nitrogens is 1. The number of nitrogens with zero attached hydrogens (tertiary/aromatic N) is 2. The Morgan fingerprint density at radius 3 is 2.70 bits per heavy atom. The second-order valence-corrected chi connectivity index (χ2v) is 5.89. The van der Waals surface area contributed by atoms with Gasteiger partial charge in [0.05, 0.1) is 19.1 Å². The predicted molar refractivity (Wildman–Crippen MR) is 89.0 cm³/mol. The van der Waals surface area contributed by atoms with Gasteiger partial charge in [-0.3, -0.25) is 9.78 Å². The van der Waals surface area contributed by atoms with Crippen LogP contribution in [0.25, 0.3) is 0 Å². The van der Waals surface area contributed by atoms with Gasteiger partial charge in [-0.2, -0.15) is 0 Å². The van der Waals surface area contributed by atoms with Crippen LogP contribution in [0.15, 0.2) is 54.9 Å². The third-order valence-corrected chi connectivity index (χ3v) is 4.19. The fraction of sp³-hybridized carbons (Fsp3) is 0.368. The molecule has 4 nitrogen and oxygen atoms in total. The van der Waals surface area contributed by atoms with E-state index in [1.165, 1.54) is 5.56 Å². The number of rotatable bonds is 5. The van der Waals surface area contributed by atoms with Crippen LogP contribution in [-0.2, 0) is 22.4 Å². The van der Waals surface area contributed by atoms with Gasteiger partial charge in [-0.25, -0.2) is 0 Å². The van der Waals surface area contributed by atoms with Gasteiger partial charge >= 0.3 is 0 Å². The van der Waals surface area contributed by atoms with Crippen molar-refractivity contribution < 1.29 is 9.53 Å². The summed E-state index contributed by atoms with van der Waals surface area (Å²) in [5.74, 6) is 0.171. The number of carbonyl (C=O) groups is 1. The van der Waals surface area contributed by atoms with Crippen LogP contribution in [0.4, 0.5) is 0 Å². The van der Waals surface area contributed by atoms with E-state index in [1.807, 2.05) is 23.1 Å². The number of aryl methyl sites for hydroxylation is 1. The van der Waals surface area contributed by atoms with E-state index in [2.05, 4.69) is 29.2 Å². The molecule has 1 aromatic heterocycles. The molecule has 0 saturated carbocycles. The smallest absolute Gasteiger partial charge is 0.227 e. The van der Waals surface area contributed by atoms with Crippen molar-refractivity contribution in [1.82, 2.24) is 9.88 Å². The minimum Gasteiger partial charge on any atom is -0.375 e. The van der Waals surface area contributed by atoms with Crippen molar-refractivity contribution in [2.75, 3.05) is 19.7 Å². The van der Waals surface area contributed by atoms with Crippen LogP contribution >= 0.6 is 0 Å². The summed E-state index contributed by atoms with van der Waals surface area (Å²) in [7, 11) is 0. The Morgan fingerprint density at radius 2 is 1.91 bits per heavy atom. The van der Waals surface area contributed by atoms with Crippen molar-refractivity contribution in [1.29, 1.82) is 0 Å². The highest BCUT2D eigenvalue weighted by Gasteiger charge is 2.24. The molecule has 1 fully saturated rings. The summed E-state index contributed by atoms with van der Waals surface area (Å²) >= 11 is 0. The van der Waals surface area contributed by atoms with Crippen LogP contribution in [0.1, 0.15) is 17.5 Å². The minimum atomic E-state index is 0.130. The largest absolute Gasteiger partial charge is 0.375 e. The lowest BCUT2D eigenvalue weighted by Gasteiger charge is -2.33. The van der Waals surface area contributed by atoms with Crippen molar-refractivity contribution in [2.24, 2.45) is 0 Å². The van der Waals surface area contributed by atoms with Gasteiger partial charge in [0.15, 0.2) is 0 Å². The minimum absolute atomic E-state index is 0.130. The normalized spacial score (nSPS) is 17.9. The van der Waals surface area contributed by atoms with Crippen LogP contribution in [-0.4, -0.2) is 41.6 Å². The average molecular weight is 310 g/mol.